The summed E-state index contributed by atoms with van der Waals surface area (Å²) in [6.07, 6.45) is 7.12. The zero-order chi connectivity index (χ0) is 8.39. The van der Waals surface area contributed by atoms with Crippen LogP contribution in [-0.2, 0) is 9.63 Å². The summed E-state index contributed by atoms with van der Waals surface area (Å²) in [5, 5.41) is 0. The molecular formula is C9H11NO2. The molecule has 0 saturated carbocycles. The number of allylic oxidation sites excluding steroid dienone is 4. The first-order valence-electron chi connectivity index (χ1n) is 4.17. The normalized spacial score (nSPS) is 28.5. The van der Waals surface area contributed by atoms with Crippen molar-refractivity contribution in [2.24, 2.45) is 5.92 Å². The Morgan fingerprint density at radius 3 is 3.42 bits per heavy atom. The molecule has 12 heavy (non-hydrogen) atoms. The van der Waals surface area contributed by atoms with Crippen LogP contribution < -0.4 is 5.48 Å². The van der Waals surface area contributed by atoms with Gasteiger partial charge in [-0.3, -0.25) is 4.79 Å². The van der Waals surface area contributed by atoms with E-state index in [1.54, 1.807) is 0 Å². The van der Waals surface area contributed by atoms with E-state index in [-0.39, 0.29) is 11.7 Å². The maximum Gasteiger partial charge on any atom is 0.145 e. The van der Waals surface area contributed by atoms with Crippen LogP contribution in [0.5, 0.6) is 0 Å². The van der Waals surface area contributed by atoms with Crippen LogP contribution in [0, 0.1) is 5.92 Å². The molecule has 1 heterocycles. The van der Waals surface area contributed by atoms with E-state index in [1.807, 2.05) is 18.2 Å². The Balaban J connectivity index is 2.23. The Labute approximate surface area is 71.0 Å². The van der Waals surface area contributed by atoms with E-state index >= 15 is 0 Å². The maximum atomic E-state index is 11.5. The van der Waals surface area contributed by atoms with Gasteiger partial charge >= 0.3 is 0 Å². The van der Waals surface area contributed by atoms with Gasteiger partial charge in [-0.25, -0.2) is 0 Å². The van der Waals surface area contributed by atoms with Gasteiger partial charge < -0.3 is 4.84 Å². The molecule has 1 atom stereocenters. The van der Waals surface area contributed by atoms with E-state index in [9.17, 15) is 4.79 Å². The van der Waals surface area contributed by atoms with Crippen LogP contribution in [0.4, 0.5) is 0 Å². The van der Waals surface area contributed by atoms with Crippen molar-refractivity contribution in [1.82, 2.24) is 5.48 Å². The van der Waals surface area contributed by atoms with Crippen LogP contribution in [0.1, 0.15) is 12.8 Å². The van der Waals surface area contributed by atoms with Crippen molar-refractivity contribution in [3.63, 3.8) is 0 Å². The second-order valence-electron chi connectivity index (χ2n) is 3.00. The Morgan fingerprint density at radius 2 is 2.50 bits per heavy atom. The smallest absolute Gasteiger partial charge is 0.145 e. The van der Waals surface area contributed by atoms with Crippen LogP contribution in [0.15, 0.2) is 24.0 Å². The summed E-state index contributed by atoms with van der Waals surface area (Å²) in [6.45, 7) is 0.618. The highest BCUT2D eigenvalue weighted by molar-refractivity contribution is 5.84. The molecule has 0 spiro atoms. The Bertz CT molecular complexity index is 255. The largest absolute Gasteiger partial charge is 0.412 e. The van der Waals surface area contributed by atoms with Crippen molar-refractivity contribution in [2.75, 3.05) is 6.54 Å². The van der Waals surface area contributed by atoms with E-state index in [0.717, 1.165) is 12.2 Å². The van der Waals surface area contributed by atoms with E-state index < -0.39 is 0 Å². The summed E-state index contributed by atoms with van der Waals surface area (Å²) in [5.74, 6) is 1.00. The lowest BCUT2D eigenvalue weighted by molar-refractivity contribution is -0.121. The minimum atomic E-state index is -0.0370. The second-order valence-corrected chi connectivity index (χ2v) is 3.00. The highest BCUT2D eigenvalue weighted by atomic mass is 16.6. The third-order valence-corrected chi connectivity index (χ3v) is 2.16. The van der Waals surface area contributed by atoms with Gasteiger partial charge in [0, 0.05) is 13.0 Å². The van der Waals surface area contributed by atoms with Gasteiger partial charge in [0.25, 0.3) is 0 Å². The number of Topliss-reactive ketones (excluding diaryl/α,β-unsaturated/α-hetero) is 1. The van der Waals surface area contributed by atoms with Crippen molar-refractivity contribution >= 4 is 5.78 Å². The fourth-order valence-corrected chi connectivity index (χ4v) is 1.49. The third kappa shape index (κ3) is 1.28. The lowest BCUT2D eigenvalue weighted by Crippen LogP contribution is -2.17. The lowest BCUT2D eigenvalue weighted by Gasteiger charge is -2.15. The standard InChI is InChI=1S/C9H11NO2/c11-8-5-6-10-12-9-4-2-1-3-7(8)9/h1-2,4,7,10H,3,5-6H2. The topological polar surface area (TPSA) is 38.3 Å². The van der Waals surface area contributed by atoms with Gasteiger partial charge in [-0.1, -0.05) is 12.2 Å². The first-order valence-corrected chi connectivity index (χ1v) is 4.17. The number of nitrogens with one attached hydrogen (secondary N) is 1. The van der Waals surface area contributed by atoms with Crippen LogP contribution in [0.3, 0.4) is 0 Å². The number of hydrogen-bond acceptors (Lipinski definition) is 3. The molecule has 3 heteroatoms. The van der Waals surface area contributed by atoms with Gasteiger partial charge in [0.15, 0.2) is 0 Å². The molecule has 0 aromatic rings. The minimum absolute atomic E-state index is 0.0370. The fraction of sp³-hybridized carbons (Fsp3) is 0.444. The molecule has 1 fully saturated rings. The van der Waals surface area contributed by atoms with Crippen LogP contribution >= 0.6 is 0 Å². The molecule has 1 aliphatic heterocycles. The average molecular weight is 165 g/mol. The molecule has 1 saturated heterocycles. The van der Waals surface area contributed by atoms with Gasteiger partial charge in [0.2, 0.25) is 0 Å². The fourth-order valence-electron chi connectivity index (χ4n) is 1.49. The Morgan fingerprint density at radius 1 is 1.58 bits per heavy atom. The Kier molecular flexibility index (Phi) is 1.96. The molecular weight excluding hydrogens is 154 g/mol. The molecule has 2 rings (SSSR count). The predicted molar refractivity (Wildman–Crippen MR) is 44.0 cm³/mol. The number of hydrogen-bond donors (Lipinski definition) is 1. The van der Waals surface area contributed by atoms with Crippen molar-refractivity contribution < 1.29 is 9.63 Å². The summed E-state index contributed by atoms with van der Waals surface area (Å²) >= 11 is 0. The van der Waals surface area contributed by atoms with Crippen molar-refractivity contribution in [3.05, 3.63) is 24.0 Å². The molecule has 1 N–H and O–H groups in total. The molecule has 0 radical (unpaired) electrons. The number of fused-ring (bicyclic) bond motifs is 1. The summed E-state index contributed by atoms with van der Waals surface area (Å²) < 4.78 is 0. The SMILES string of the molecule is O=C1CCNOC2=CC=CCC12. The highest BCUT2D eigenvalue weighted by Crippen LogP contribution is 2.24. The summed E-state index contributed by atoms with van der Waals surface area (Å²) in [5.41, 5.74) is 2.75. The number of hydroxylamine groups is 1. The molecule has 1 unspecified atom stereocenters. The molecule has 0 aromatic heterocycles. The molecule has 0 bridgehead atoms. The van der Waals surface area contributed by atoms with Gasteiger partial charge in [-0.2, -0.15) is 5.48 Å². The molecule has 1 aliphatic carbocycles. The molecule has 0 aromatic carbocycles. The third-order valence-electron chi connectivity index (χ3n) is 2.16. The summed E-state index contributed by atoms with van der Waals surface area (Å²) in [4.78, 5) is 16.7. The van der Waals surface area contributed by atoms with Crippen molar-refractivity contribution in [2.45, 2.75) is 12.8 Å². The zero-order valence-corrected chi connectivity index (χ0v) is 6.75. The molecule has 2 aliphatic rings. The zero-order valence-electron chi connectivity index (χ0n) is 6.75. The van der Waals surface area contributed by atoms with Crippen LogP contribution in [0.25, 0.3) is 0 Å². The van der Waals surface area contributed by atoms with Crippen LogP contribution in [0.2, 0.25) is 0 Å². The van der Waals surface area contributed by atoms with E-state index in [1.165, 1.54) is 0 Å². The van der Waals surface area contributed by atoms with Gasteiger partial charge in [0.05, 0.1) is 5.92 Å². The van der Waals surface area contributed by atoms with Gasteiger partial charge in [-0.15, -0.1) is 0 Å². The minimum Gasteiger partial charge on any atom is -0.412 e. The van der Waals surface area contributed by atoms with E-state index in [0.29, 0.717) is 13.0 Å². The number of ketones is 1. The predicted octanol–water partition coefficient (Wildman–Crippen LogP) is 0.940. The quantitative estimate of drug-likeness (QED) is 0.580. The number of rotatable bonds is 0. The average Bonchev–Trinajstić information content (AvgIpc) is 2.29. The highest BCUT2D eigenvalue weighted by Gasteiger charge is 2.26. The van der Waals surface area contributed by atoms with Gasteiger partial charge in [0.1, 0.15) is 11.5 Å². The van der Waals surface area contributed by atoms with Gasteiger partial charge in [-0.05, 0) is 12.5 Å². The van der Waals surface area contributed by atoms with E-state index in [4.69, 9.17) is 4.84 Å². The van der Waals surface area contributed by atoms with Crippen molar-refractivity contribution in [3.8, 4) is 0 Å². The number of carbonyl (C=O) groups is 1. The first kappa shape index (κ1) is 7.55. The molecule has 64 valence electrons. The van der Waals surface area contributed by atoms with Crippen molar-refractivity contribution in [1.29, 1.82) is 0 Å². The number of carbonyl (C=O) groups excluding carboxylic acids is 1. The molecule has 3 nitrogen and oxygen atoms in total. The second kappa shape index (κ2) is 3.11. The summed E-state index contributed by atoms with van der Waals surface area (Å²) in [6, 6.07) is 0. The molecule has 0 amide bonds. The maximum absolute atomic E-state index is 11.5. The van der Waals surface area contributed by atoms with E-state index in [2.05, 4.69) is 5.48 Å². The lowest BCUT2D eigenvalue weighted by atomic mass is 9.93. The Hall–Kier alpha value is -1.09. The van der Waals surface area contributed by atoms with Crippen LogP contribution in [-0.4, -0.2) is 12.3 Å². The summed E-state index contributed by atoms with van der Waals surface area (Å²) in [7, 11) is 0. The monoisotopic (exact) mass is 165 g/mol. The first-order chi connectivity index (χ1) is 5.88.